The molecular formula is C21H21BrN2O3. The van der Waals surface area contributed by atoms with E-state index in [1.165, 1.54) is 7.11 Å². The maximum Gasteiger partial charge on any atom is 0.270 e. The fourth-order valence-corrected chi connectivity index (χ4v) is 3.25. The first-order chi connectivity index (χ1) is 13.1. The van der Waals surface area contributed by atoms with Crippen molar-refractivity contribution in [3.8, 4) is 5.75 Å². The molecule has 5 nitrogen and oxygen atoms in total. The van der Waals surface area contributed by atoms with Gasteiger partial charge >= 0.3 is 0 Å². The van der Waals surface area contributed by atoms with Gasteiger partial charge in [0.05, 0.1) is 12.7 Å². The second-order valence-corrected chi connectivity index (χ2v) is 7.18. The van der Waals surface area contributed by atoms with Gasteiger partial charge in [0, 0.05) is 17.6 Å². The number of hydrogen-bond acceptors (Lipinski definition) is 3. The number of likely N-dealkylation sites (tertiary alicyclic amines) is 1. The first-order valence-electron chi connectivity index (χ1n) is 8.79. The summed E-state index contributed by atoms with van der Waals surface area (Å²) in [6.07, 6.45) is 3.68. The zero-order valence-electron chi connectivity index (χ0n) is 15.1. The third-order valence-electron chi connectivity index (χ3n) is 4.40. The Morgan fingerprint density at radius 2 is 1.74 bits per heavy atom. The molecule has 0 unspecified atom stereocenters. The number of benzene rings is 2. The second kappa shape index (κ2) is 8.86. The Morgan fingerprint density at radius 1 is 1.07 bits per heavy atom. The minimum absolute atomic E-state index is 0.168. The van der Waals surface area contributed by atoms with Crippen molar-refractivity contribution >= 4 is 33.8 Å². The van der Waals surface area contributed by atoms with Gasteiger partial charge in [-0.25, -0.2) is 0 Å². The van der Waals surface area contributed by atoms with Crippen molar-refractivity contribution in [1.29, 1.82) is 0 Å². The summed E-state index contributed by atoms with van der Waals surface area (Å²) in [4.78, 5) is 27.5. The van der Waals surface area contributed by atoms with Crippen LogP contribution in [0.5, 0.6) is 5.75 Å². The van der Waals surface area contributed by atoms with Crippen molar-refractivity contribution in [2.45, 2.75) is 12.8 Å². The summed E-state index contributed by atoms with van der Waals surface area (Å²) in [6, 6.07) is 14.5. The molecule has 2 amide bonds. The van der Waals surface area contributed by atoms with Gasteiger partial charge in [-0.1, -0.05) is 40.2 Å². The molecule has 0 aliphatic carbocycles. The Morgan fingerprint density at radius 3 is 2.41 bits per heavy atom. The number of nitrogens with zero attached hydrogens (tertiary/aromatic N) is 1. The smallest absolute Gasteiger partial charge is 0.270 e. The van der Waals surface area contributed by atoms with Gasteiger partial charge in [0.2, 0.25) is 0 Å². The Labute approximate surface area is 167 Å². The van der Waals surface area contributed by atoms with Gasteiger partial charge < -0.3 is 15.0 Å². The Bertz CT molecular complexity index is 856. The third-order valence-corrected chi connectivity index (χ3v) is 4.93. The molecule has 27 heavy (non-hydrogen) atoms. The van der Waals surface area contributed by atoms with Crippen molar-refractivity contribution in [3.63, 3.8) is 0 Å². The number of carbonyl (C=O) groups excluding carboxylic acids is 2. The van der Waals surface area contributed by atoms with E-state index in [4.69, 9.17) is 4.74 Å². The number of rotatable bonds is 5. The van der Waals surface area contributed by atoms with E-state index in [9.17, 15) is 9.59 Å². The Kier molecular flexibility index (Phi) is 6.29. The van der Waals surface area contributed by atoms with Crippen LogP contribution in [0.15, 0.2) is 58.7 Å². The molecule has 0 atom stereocenters. The number of amides is 2. The monoisotopic (exact) mass is 428 g/mol. The lowest BCUT2D eigenvalue weighted by molar-refractivity contribution is -0.126. The lowest BCUT2D eigenvalue weighted by Crippen LogP contribution is -2.36. The predicted molar refractivity (Wildman–Crippen MR) is 108 cm³/mol. The van der Waals surface area contributed by atoms with Crippen LogP contribution < -0.4 is 10.1 Å². The van der Waals surface area contributed by atoms with E-state index in [1.807, 2.05) is 24.3 Å². The van der Waals surface area contributed by atoms with Crippen LogP contribution in [0.25, 0.3) is 6.08 Å². The van der Waals surface area contributed by atoms with Crippen LogP contribution in [0.3, 0.4) is 0 Å². The normalized spacial score (nSPS) is 14.1. The molecule has 1 N–H and O–H groups in total. The molecule has 1 fully saturated rings. The molecule has 140 valence electrons. The highest BCUT2D eigenvalue weighted by Crippen LogP contribution is 2.19. The number of nitrogens with one attached hydrogen (secondary N) is 1. The third kappa shape index (κ3) is 4.77. The minimum Gasteiger partial charge on any atom is -0.496 e. The quantitative estimate of drug-likeness (QED) is 0.735. The average molecular weight is 429 g/mol. The zero-order chi connectivity index (χ0) is 19.2. The van der Waals surface area contributed by atoms with E-state index in [2.05, 4.69) is 21.2 Å². The van der Waals surface area contributed by atoms with E-state index in [0.29, 0.717) is 24.4 Å². The fourth-order valence-electron chi connectivity index (χ4n) is 2.99. The molecule has 2 aromatic rings. The van der Waals surface area contributed by atoms with Crippen LogP contribution in [-0.4, -0.2) is 36.9 Å². The summed E-state index contributed by atoms with van der Waals surface area (Å²) in [5, 5.41) is 2.79. The Balaban J connectivity index is 1.90. The molecule has 0 spiro atoms. The van der Waals surface area contributed by atoms with Gasteiger partial charge in [0.1, 0.15) is 11.4 Å². The number of para-hydroxylation sites is 1. The molecule has 0 aromatic heterocycles. The molecule has 2 aromatic carbocycles. The van der Waals surface area contributed by atoms with Crippen LogP contribution in [0.1, 0.15) is 28.8 Å². The lowest BCUT2D eigenvalue weighted by atomic mass is 10.1. The molecule has 1 aliphatic rings. The summed E-state index contributed by atoms with van der Waals surface area (Å²) in [6.45, 7) is 1.42. The van der Waals surface area contributed by atoms with Crippen molar-refractivity contribution in [2.75, 3.05) is 20.2 Å². The lowest BCUT2D eigenvalue weighted by Gasteiger charge is -2.19. The predicted octanol–water partition coefficient (Wildman–Crippen LogP) is 3.85. The molecule has 0 radical (unpaired) electrons. The number of carbonyl (C=O) groups is 2. The van der Waals surface area contributed by atoms with Crippen LogP contribution in [-0.2, 0) is 4.79 Å². The van der Waals surface area contributed by atoms with E-state index in [0.717, 1.165) is 22.9 Å². The molecule has 1 saturated heterocycles. The topological polar surface area (TPSA) is 58.6 Å². The van der Waals surface area contributed by atoms with Crippen LogP contribution in [0, 0.1) is 0 Å². The van der Waals surface area contributed by atoms with Crippen molar-refractivity contribution in [3.05, 3.63) is 69.8 Å². The van der Waals surface area contributed by atoms with Crippen molar-refractivity contribution in [1.82, 2.24) is 10.2 Å². The number of hydrogen-bond donors (Lipinski definition) is 1. The summed E-state index contributed by atoms with van der Waals surface area (Å²) >= 11 is 3.40. The molecule has 3 rings (SSSR count). The SMILES string of the molecule is COc1ccccc1C(=O)NC(=Cc1ccc(Br)cc1)C(=O)N1CCCC1. The van der Waals surface area contributed by atoms with E-state index in [-0.39, 0.29) is 17.5 Å². The van der Waals surface area contributed by atoms with Gasteiger partial charge in [0.15, 0.2) is 0 Å². The van der Waals surface area contributed by atoms with Gasteiger partial charge in [-0.3, -0.25) is 9.59 Å². The zero-order valence-corrected chi connectivity index (χ0v) is 16.7. The standard InChI is InChI=1S/C21H21BrN2O3/c1-27-19-7-3-2-6-17(19)20(25)23-18(21(26)24-12-4-5-13-24)14-15-8-10-16(22)11-9-15/h2-3,6-11,14H,4-5,12-13H2,1H3,(H,23,25). The summed E-state index contributed by atoms with van der Waals surface area (Å²) in [5.74, 6) is -0.0753. The van der Waals surface area contributed by atoms with Gasteiger partial charge in [-0.05, 0) is 48.7 Å². The Hall–Kier alpha value is -2.60. The second-order valence-electron chi connectivity index (χ2n) is 6.26. The maximum absolute atomic E-state index is 12.9. The largest absolute Gasteiger partial charge is 0.496 e. The van der Waals surface area contributed by atoms with E-state index >= 15 is 0 Å². The molecule has 1 heterocycles. The van der Waals surface area contributed by atoms with Crippen LogP contribution in [0.2, 0.25) is 0 Å². The molecular weight excluding hydrogens is 408 g/mol. The average Bonchev–Trinajstić information content (AvgIpc) is 3.23. The fraction of sp³-hybridized carbons (Fsp3) is 0.238. The number of ether oxygens (including phenoxy) is 1. The first-order valence-corrected chi connectivity index (χ1v) is 9.58. The summed E-state index contributed by atoms with van der Waals surface area (Å²) < 4.78 is 6.21. The molecule has 0 saturated carbocycles. The molecule has 0 bridgehead atoms. The highest BCUT2D eigenvalue weighted by atomic mass is 79.9. The van der Waals surface area contributed by atoms with Gasteiger partial charge in [0.25, 0.3) is 11.8 Å². The summed E-state index contributed by atoms with van der Waals surface area (Å²) in [5.41, 5.74) is 1.48. The molecule has 6 heteroatoms. The van der Waals surface area contributed by atoms with Crippen LogP contribution >= 0.6 is 15.9 Å². The number of halogens is 1. The highest BCUT2D eigenvalue weighted by Gasteiger charge is 2.24. The van der Waals surface area contributed by atoms with E-state index < -0.39 is 0 Å². The van der Waals surface area contributed by atoms with Gasteiger partial charge in [-0.2, -0.15) is 0 Å². The van der Waals surface area contributed by atoms with E-state index in [1.54, 1.807) is 35.2 Å². The minimum atomic E-state index is -0.372. The molecule has 1 aliphatic heterocycles. The maximum atomic E-state index is 12.9. The highest BCUT2D eigenvalue weighted by molar-refractivity contribution is 9.10. The van der Waals surface area contributed by atoms with Crippen molar-refractivity contribution in [2.24, 2.45) is 0 Å². The number of methoxy groups -OCH3 is 1. The van der Waals surface area contributed by atoms with Gasteiger partial charge in [-0.15, -0.1) is 0 Å². The van der Waals surface area contributed by atoms with Crippen molar-refractivity contribution < 1.29 is 14.3 Å². The summed E-state index contributed by atoms with van der Waals surface area (Å²) in [7, 11) is 1.51. The van der Waals surface area contributed by atoms with Crippen LogP contribution in [0.4, 0.5) is 0 Å². The first kappa shape index (κ1) is 19.2.